The first-order valence-electron chi connectivity index (χ1n) is 39.8. The summed E-state index contributed by atoms with van der Waals surface area (Å²) in [6.45, 7) is 11.3. The third-order valence-corrected chi connectivity index (χ3v) is 24.7. The van der Waals surface area contributed by atoms with Gasteiger partial charge >= 0.3 is 6.18 Å². The van der Waals surface area contributed by atoms with Gasteiger partial charge in [-0.1, -0.05) is 98.1 Å². The number of rotatable bonds is 16. The molecule has 5 aliphatic carbocycles. The predicted molar refractivity (Wildman–Crippen MR) is 394 cm³/mol. The second-order valence-electron chi connectivity index (χ2n) is 33.8. The van der Waals surface area contributed by atoms with Crippen LogP contribution >= 0.6 is 0 Å². The number of hydrogen-bond donors (Lipinski definition) is 3. The summed E-state index contributed by atoms with van der Waals surface area (Å²) in [5.41, 5.74) is -2.30. The first kappa shape index (κ1) is 87.5. The summed E-state index contributed by atoms with van der Waals surface area (Å²) in [6, 6.07) is -11.4. The van der Waals surface area contributed by atoms with Crippen LogP contribution in [0.3, 0.4) is 0 Å². The highest BCUT2D eigenvalue weighted by Crippen LogP contribution is 2.50. The highest BCUT2D eigenvalue weighted by molar-refractivity contribution is 6.01. The maximum atomic E-state index is 15.7. The van der Waals surface area contributed by atoms with Gasteiger partial charge in [-0.15, -0.1) is 0 Å². The SMILES string of the molecule is CCOC[C@H]1C(=O)N[C@@H]([C@@H](C)CC)C(=O)N(C2CC2)CC(=O)N(C)[C@H]2C/C=C\CCN(C2=O)[C@@H](CC2CCC(C)CC2)C(=O)N(C)CC(=O)N[C@@H](CCC2CC(F)C(C(F)(F)F)C(F)C2)C(=O)N2C[C@H](OCC)C[C@H]2C(=O)NC2(CC(C)(C)C2)C(=O)N(C)[C@@H](CC2CCC2)C(=O)N(C)[C@H](C(=O)N(C)C)CC(=O)N1C. The van der Waals surface area contributed by atoms with Gasteiger partial charge in [0.25, 0.3) is 0 Å². The van der Waals surface area contributed by atoms with Crippen molar-refractivity contribution in [3.8, 4) is 0 Å². The molecule has 8 rings (SSSR count). The number of nitrogens with one attached hydrogen (secondary N) is 3. The van der Waals surface area contributed by atoms with E-state index in [9.17, 15) is 37.1 Å². The molecule has 2 saturated heterocycles. The fraction of sp³-hybridized carbons (Fsp3) is 0.821. The average molecular weight is 1550 g/mol. The number of fused-ring (bicyclic) bond motifs is 3. The van der Waals surface area contributed by atoms with Gasteiger partial charge in [-0.05, 0) is 126 Å². The molecule has 2 bridgehead atoms. The predicted octanol–water partition coefficient (Wildman–Crippen LogP) is 5.97. The van der Waals surface area contributed by atoms with Crippen molar-refractivity contribution in [3.05, 3.63) is 12.2 Å². The largest absolute Gasteiger partial charge is 0.397 e. The Morgan fingerprint density at radius 1 is 0.651 bits per heavy atom. The summed E-state index contributed by atoms with van der Waals surface area (Å²) < 4.78 is 85.0. The maximum Gasteiger partial charge on any atom is 0.397 e. The molecular formula is C78H123F5N12O14. The van der Waals surface area contributed by atoms with Gasteiger partial charge in [0.1, 0.15) is 78.7 Å². The van der Waals surface area contributed by atoms with Gasteiger partial charge in [-0.3, -0.25) is 57.5 Å². The standard InChI is InChI=1S/C78H123F5N12O14/c1-15-47(5)66-74(106)94(51-30-31-51)42-64(98)89(11)56-24-19-18-20-33-93(73(56)105)60(37-49-27-25-46(4)26-28-49)71(103)88(10)41-62(96)84-55(32-29-50-34-53(79)65(54(80)35-50)78(81,82)83)69(101)95-40-52(109-17-3)38-57(95)68(100)86-77(44-76(6,7)45-77)75(107)92(14)58(36-48-22-21-23-48)72(104)91(13)59(70(102)87(8)9)39-63(97)90(12)61(43-108-16-2)67(99)85-66/h18-19,46-61,65-66H,15-17,20-45H2,1-14H3,(H,84,96)(H,85,99)(H,86,100)/b19-18-/t46?,47-,49?,50?,52+,53?,54?,55-,56-,57-,58-,59-,60-,61-,65?,66-/m0/s1. The van der Waals surface area contributed by atoms with E-state index in [2.05, 4.69) is 22.9 Å². The number of amides is 12. The van der Waals surface area contributed by atoms with Crippen molar-refractivity contribution in [2.75, 3.05) is 95.3 Å². The van der Waals surface area contributed by atoms with Crippen LogP contribution < -0.4 is 16.0 Å². The van der Waals surface area contributed by atoms with Crippen LogP contribution in [0, 0.1) is 40.9 Å². The molecule has 7 fully saturated rings. The third kappa shape index (κ3) is 21.4. The molecule has 12 atom stereocenters. The lowest BCUT2D eigenvalue weighted by Crippen LogP contribution is -2.71. The Morgan fingerprint density at radius 2 is 1.28 bits per heavy atom. The lowest BCUT2D eigenvalue weighted by atomic mass is 9.58. The summed E-state index contributed by atoms with van der Waals surface area (Å²) in [4.78, 5) is 194. The minimum absolute atomic E-state index is 0.0160. The van der Waals surface area contributed by atoms with Gasteiger partial charge in [-0.2, -0.15) is 13.2 Å². The average Bonchev–Trinajstić information content (AvgIpc) is 1.53. The number of nitrogens with zero attached hydrogens (tertiary/aromatic N) is 9. The zero-order chi connectivity index (χ0) is 80.5. The number of hydrogen-bond acceptors (Lipinski definition) is 14. The van der Waals surface area contributed by atoms with E-state index in [1.807, 2.05) is 26.8 Å². The summed E-state index contributed by atoms with van der Waals surface area (Å²) in [6.07, 6.45) is -2.93. The smallest absolute Gasteiger partial charge is 0.379 e. The van der Waals surface area contributed by atoms with Crippen LogP contribution in [0.25, 0.3) is 0 Å². The normalized spacial score (nSPS) is 32.7. The lowest BCUT2D eigenvalue weighted by molar-refractivity contribution is -0.219. The van der Waals surface area contributed by atoms with Gasteiger partial charge in [0.15, 0.2) is 0 Å². The van der Waals surface area contributed by atoms with Crippen molar-refractivity contribution in [2.24, 2.45) is 40.9 Å². The van der Waals surface area contributed by atoms with Crippen molar-refractivity contribution in [1.82, 2.24) is 60.0 Å². The molecule has 12 amide bonds. The van der Waals surface area contributed by atoms with Crippen LogP contribution in [0.2, 0.25) is 0 Å². The summed E-state index contributed by atoms with van der Waals surface area (Å²) >= 11 is 0. The molecule has 5 saturated carbocycles. The molecule has 3 heterocycles. The summed E-state index contributed by atoms with van der Waals surface area (Å²) in [5, 5.41) is 8.66. The van der Waals surface area contributed by atoms with Crippen LogP contribution in [0.5, 0.6) is 0 Å². The Labute approximate surface area is 640 Å². The Kier molecular flexibility index (Phi) is 30.1. The first-order valence-corrected chi connectivity index (χ1v) is 39.8. The van der Waals surface area contributed by atoms with Crippen molar-refractivity contribution >= 4 is 70.9 Å². The highest BCUT2D eigenvalue weighted by atomic mass is 19.4. The minimum Gasteiger partial charge on any atom is -0.379 e. The topological polar surface area (TPSA) is 289 Å². The molecule has 26 nitrogen and oxygen atoms in total. The zero-order valence-corrected chi connectivity index (χ0v) is 66.7. The molecular weight excluding hydrogens is 1420 g/mol. The second kappa shape index (κ2) is 37.5. The van der Waals surface area contributed by atoms with E-state index < -0.39 is 217 Å². The molecule has 614 valence electrons. The van der Waals surface area contributed by atoms with Gasteiger partial charge in [0, 0.05) is 88.1 Å². The van der Waals surface area contributed by atoms with Crippen LogP contribution in [-0.4, -0.2) is 295 Å². The molecule has 0 aromatic rings. The Bertz CT molecular complexity index is 3270. The van der Waals surface area contributed by atoms with Crippen LogP contribution in [0.4, 0.5) is 22.0 Å². The van der Waals surface area contributed by atoms with Crippen molar-refractivity contribution in [3.63, 3.8) is 0 Å². The maximum absolute atomic E-state index is 15.7. The highest BCUT2D eigenvalue weighted by Gasteiger charge is 2.60. The Morgan fingerprint density at radius 3 is 1.85 bits per heavy atom. The molecule has 3 N–H and O–H groups in total. The lowest BCUT2D eigenvalue weighted by Gasteiger charge is -2.54. The molecule has 8 aliphatic rings. The molecule has 31 heteroatoms. The summed E-state index contributed by atoms with van der Waals surface area (Å²) in [5.74, 6) is -12.8. The van der Waals surface area contributed by atoms with E-state index >= 15 is 42.3 Å². The number of carbonyl (C=O) groups is 12. The van der Waals surface area contributed by atoms with Crippen molar-refractivity contribution in [2.45, 2.75) is 274 Å². The van der Waals surface area contributed by atoms with E-state index in [-0.39, 0.29) is 89.7 Å². The number of alkyl halides is 5. The van der Waals surface area contributed by atoms with Crippen LogP contribution in [-0.2, 0) is 67.0 Å². The molecule has 2 unspecified atom stereocenters. The van der Waals surface area contributed by atoms with Crippen molar-refractivity contribution < 1.29 is 89.0 Å². The number of carbonyl (C=O) groups excluding carboxylic acids is 12. The third-order valence-electron chi connectivity index (χ3n) is 24.7. The fourth-order valence-corrected chi connectivity index (χ4v) is 17.6. The zero-order valence-electron chi connectivity index (χ0n) is 66.7. The van der Waals surface area contributed by atoms with Crippen LogP contribution in [0.15, 0.2) is 12.2 Å². The molecule has 0 radical (unpaired) electrons. The van der Waals surface area contributed by atoms with Crippen molar-refractivity contribution in [1.29, 1.82) is 0 Å². The Hall–Kier alpha value is -7.05. The molecule has 1 spiro atoms. The van der Waals surface area contributed by atoms with E-state index in [0.29, 0.717) is 44.4 Å². The fourth-order valence-electron chi connectivity index (χ4n) is 17.6. The minimum atomic E-state index is -5.18. The number of ether oxygens (including phenoxy) is 2. The monoisotopic (exact) mass is 1550 g/mol. The quantitative estimate of drug-likeness (QED) is 0.119. The van der Waals surface area contributed by atoms with E-state index in [0.717, 1.165) is 46.8 Å². The van der Waals surface area contributed by atoms with E-state index in [1.54, 1.807) is 26.8 Å². The van der Waals surface area contributed by atoms with Gasteiger partial charge in [0.2, 0.25) is 70.9 Å². The molecule has 0 aromatic carbocycles. The van der Waals surface area contributed by atoms with Crippen LogP contribution in [0.1, 0.15) is 190 Å². The first-order chi connectivity index (χ1) is 51.3. The molecule has 0 aromatic heterocycles. The number of likely N-dealkylation sites (N-methyl/N-ethyl adjacent to an activating group) is 6. The number of halogens is 5. The summed E-state index contributed by atoms with van der Waals surface area (Å²) in [7, 11) is 9.85. The second-order valence-corrected chi connectivity index (χ2v) is 33.8. The molecule has 109 heavy (non-hydrogen) atoms. The van der Waals surface area contributed by atoms with E-state index in [1.165, 1.54) is 78.7 Å². The van der Waals surface area contributed by atoms with Gasteiger partial charge < -0.3 is 69.5 Å². The molecule has 3 aliphatic heterocycles. The van der Waals surface area contributed by atoms with Gasteiger partial charge in [0.05, 0.1) is 25.7 Å². The van der Waals surface area contributed by atoms with Gasteiger partial charge in [-0.25, -0.2) is 8.78 Å². The Balaban J connectivity index is 1.22. The van der Waals surface area contributed by atoms with E-state index in [4.69, 9.17) is 9.47 Å².